The summed E-state index contributed by atoms with van der Waals surface area (Å²) in [6.07, 6.45) is 1.28. The molecule has 138 valence electrons. The van der Waals surface area contributed by atoms with E-state index in [0.29, 0.717) is 13.2 Å². The number of rotatable bonds is 9. The van der Waals surface area contributed by atoms with Crippen LogP contribution in [-0.2, 0) is 30.3 Å². The highest BCUT2D eigenvalue weighted by atomic mass is 16.6. The zero-order valence-electron chi connectivity index (χ0n) is 14.7. The number of nitrogens with one attached hydrogen (secondary N) is 1. The number of benzene rings is 1. The topological polar surface area (TPSA) is 83.1 Å². The summed E-state index contributed by atoms with van der Waals surface area (Å²) in [5, 5.41) is 2.69. The highest BCUT2D eigenvalue weighted by Crippen LogP contribution is 2.13. The third kappa shape index (κ3) is 6.72. The van der Waals surface area contributed by atoms with E-state index >= 15 is 0 Å². The number of esters is 1. The minimum atomic E-state index is -0.724. The first-order valence-electron chi connectivity index (χ1n) is 8.38. The van der Waals surface area contributed by atoms with Gasteiger partial charge in [0.25, 0.3) is 5.91 Å². The molecule has 1 saturated heterocycles. The fraction of sp³-hybridized carbons (Fsp3) is 0.556. The van der Waals surface area contributed by atoms with Gasteiger partial charge >= 0.3 is 5.97 Å². The average Bonchev–Trinajstić information content (AvgIpc) is 3.16. The van der Waals surface area contributed by atoms with E-state index in [1.807, 2.05) is 24.3 Å². The average molecular weight is 351 g/mol. The van der Waals surface area contributed by atoms with E-state index in [9.17, 15) is 9.59 Å². The molecule has 7 nitrogen and oxygen atoms in total. The van der Waals surface area contributed by atoms with Crippen LogP contribution in [0.25, 0.3) is 0 Å². The van der Waals surface area contributed by atoms with Crippen LogP contribution in [0.1, 0.15) is 25.3 Å². The van der Waals surface area contributed by atoms with Crippen molar-refractivity contribution in [1.82, 2.24) is 5.32 Å². The Morgan fingerprint density at radius 3 is 2.72 bits per heavy atom. The second kappa shape index (κ2) is 10.0. The third-order valence-electron chi connectivity index (χ3n) is 3.88. The number of ether oxygens (including phenoxy) is 4. The van der Waals surface area contributed by atoms with Gasteiger partial charge in [-0.3, -0.25) is 4.79 Å². The first-order valence-corrected chi connectivity index (χ1v) is 8.38. The standard InChI is InChI=1S/C18H25NO6/c1-13(24-11-16-4-3-9-23-16)18(21)25-12-17(20)19-10-14-5-7-15(22-2)8-6-14/h5-8,13,16H,3-4,9-12H2,1-2H3,(H,19,20). The van der Waals surface area contributed by atoms with Crippen molar-refractivity contribution in [2.45, 2.75) is 38.5 Å². The van der Waals surface area contributed by atoms with Crippen molar-refractivity contribution < 1.29 is 28.5 Å². The lowest BCUT2D eigenvalue weighted by Crippen LogP contribution is -2.32. The molecule has 2 rings (SSSR count). The Kier molecular flexibility index (Phi) is 7.69. The molecular weight excluding hydrogens is 326 g/mol. The number of carbonyl (C=O) groups is 2. The maximum atomic E-state index is 11.8. The largest absolute Gasteiger partial charge is 0.497 e. The van der Waals surface area contributed by atoms with Crippen LogP contribution < -0.4 is 10.1 Å². The molecule has 1 N–H and O–H groups in total. The Labute approximate surface area is 147 Å². The van der Waals surface area contributed by atoms with Gasteiger partial charge in [0.2, 0.25) is 0 Å². The molecule has 25 heavy (non-hydrogen) atoms. The lowest BCUT2D eigenvalue weighted by atomic mass is 10.2. The molecule has 0 spiro atoms. The molecule has 1 amide bonds. The second-order valence-electron chi connectivity index (χ2n) is 5.84. The summed E-state index contributed by atoms with van der Waals surface area (Å²) in [4.78, 5) is 23.6. The zero-order valence-corrected chi connectivity index (χ0v) is 14.7. The number of methoxy groups -OCH3 is 1. The fourth-order valence-electron chi connectivity index (χ4n) is 2.34. The molecule has 1 aromatic carbocycles. The quantitative estimate of drug-likeness (QED) is 0.678. The summed E-state index contributed by atoms with van der Waals surface area (Å²) in [6.45, 7) is 2.72. The van der Waals surface area contributed by atoms with E-state index in [1.165, 1.54) is 0 Å². The Morgan fingerprint density at radius 2 is 2.08 bits per heavy atom. The summed E-state index contributed by atoms with van der Waals surface area (Å²) in [6, 6.07) is 7.33. The van der Waals surface area contributed by atoms with Crippen molar-refractivity contribution in [3.05, 3.63) is 29.8 Å². The van der Waals surface area contributed by atoms with Crippen molar-refractivity contribution in [2.24, 2.45) is 0 Å². The predicted molar refractivity (Wildman–Crippen MR) is 90.2 cm³/mol. The minimum absolute atomic E-state index is 0.0445. The van der Waals surface area contributed by atoms with Crippen LogP contribution >= 0.6 is 0 Å². The summed E-state index contributed by atoms with van der Waals surface area (Å²) in [5.41, 5.74) is 0.925. The summed E-state index contributed by atoms with van der Waals surface area (Å²) >= 11 is 0. The van der Waals surface area contributed by atoms with E-state index in [1.54, 1.807) is 14.0 Å². The molecule has 2 unspecified atom stereocenters. The second-order valence-corrected chi connectivity index (χ2v) is 5.84. The lowest BCUT2D eigenvalue weighted by Gasteiger charge is -2.15. The number of hydrogen-bond acceptors (Lipinski definition) is 6. The van der Waals surface area contributed by atoms with E-state index in [2.05, 4.69) is 5.32 Å². The highest BCUT2D eigenvalue weighted by Gasteiger charge is 2.21. The summed E-state index contributed by atoms with van der Waals surface area (Å²) in [7, 11) is 1.59. The molecule has 0 bridgehead atoms. The number of amides is 1. The smallest absolute Gasteiger partial charge is 0.335 e. The molecule has 0 aliphatic carbocycles. The van der Waals surface area contributed by atoms with Crippen LogP contribution in [0.15, 0.2) is 24.3 Å². The predicted octanol–water partition coefficient (Wildman–Crippen LogP) is 1.44. The monoisotopic (exact) mass is 351 g/mol. The van der Waals surface area contributed by atoms with Crippen LogP contribution in [-0.4, -0.2) is 51.0 Å². The molecular formula is C18H25NO6. The van der Waals surface area contributed by atoms with Gasteiger partial charge < -0.3 is 24.3 Å². The molecule has 7 heteroatoms. The van der Waals surface area contributed by atoms with Gasteiger partial charge in [0, 0.05) is 13.2 Å². The molecule has 0 radical (unpaired) electrons. The van der Waals surface area contributed by atoms with Gasteiger partial charge in [-0.1, -0.05) is 12.1 Å². The molecule has 0 aromatic heterocycles. The molecule has 1 fully saturated rings. The van der Waals surface area contributed by atoms with Crippen LogP contribution in [0.3, 0.4) is 0 Å². The van der Waals surface area contributed by atoms with Crippen molar-refractivity contribution in [3.8, 4) is 5.75 Å². The van der Waals surface area contributed by atoms with E-state index in [0.717, 1.165) is 30.8 Å². The van der Waals surface area contributed by atoms with Gasteiger partial charge in [-0.2, -0.15) is 0 Å². The maximum absolute atomic E-state index is 11.8. The molecule has 1 aromatic rings. The maximum Gasteiger partial charge on any atom is 0.335 e. The molecule has 1 heterocycles. The third-order valence-corrected chi connectivity index (χ3v) is 3.88. The summed E-state index contributed by atoms with van der Waals surface area (Å²) < 4.78 is 20.9. The lowest BCUT2D eigenvalue weighted by molar-refractivity contribution is -0.160. The summed E-state index contributed by atoms with van der Waals surface area (Å²) in [5.74, 6) is -0.172. The van der Waals surface area contributed by atoms with Gasteiger partial charge in [-0.05, 0) is 37.5 Å². The first kappa shape index (κ1) is 19.2. The van der Waals surface area contributed by atoms with E-state index < -0.39 is 12.1 Å². The normalized spacial score (nSPS) is 17.8. The van der Waals surface area contributed by atoms with Crippen LogP contribution in [0.4, 0.5) is 0 Å². The highest BCUT2D eigenvalue weighted by molar-refractivity contribution is 5.81. The van der Waals surface area contributed by atoms with E-state index in [4.69, 9.17) is 18.9 Å². The number of hydrogen-bond donors (Lipinski definition) is 1. The van der Waals surface area contributed by atoms with Gasteiger partial charge in [-0.15, -0.1) is 0 Å². The van der Waals surface area contributed by atoms with Crippen molar-refractivity contribution in [1.29, 1.82) is 0 Å². The van der Waals surface area contributed by atoms with Crippen LogP contribution in [0.2, 0.25) is 0 Å². The Hall–Kier alpha value is -2.12. The molecule has 1 aliphatic rings. The van der Waals surface area contributed by atoms with E-state index in [-0.39, 0.29) is 18.6 Å². The van der Waals surface area contributed by atoms with Gasteiger partial charge in [0.05, 0.1) is 19.8 Å². The molecule has 0 saturated carbocycles. The Bertz CT molecular complexity index is 553. The first-order chi connectivity index (χ1) is 12.1. The van der Waals surface area contributed by atoms with Gasteiger partial charge in [0.1, 0.15) is 5.75 Å². The fourth-order valence-corrected chi connectivity index (χ4v) is 2.34. The van der Waals surface area contributed by atoms with Gasteiger partial charge in [-0.25, -0.2) is 4.79 Å². The minimum Gasteiger partial charge on any atom is -0.497 e. The Morgan fingerprint density at radius 1 is 1.32 bits per heavy atom. The van der Waals surface area contributed by atoms with Gasteiger partial charge in [0.15, 0.2) is 12.7 Å². The zero-order chi connectivity index (χ0) is 18.1. The molecule has 1 aliphatic heterocycles. The van der Waals surface area contributed by atoms with Crippen molar-refractivity contribution in [3.63, 3.8) is 0 Å². The SMILES string of the molecule is COc1ccc(CNC(=O)COC(=O)C(C)OCC2CCCO2)cc1. The van der Waals surface area contributed by atoms with Crippen molar-refractivity contribution >= 4 is 11.9 Å². The van der Waals surface area contributed by atoms with Crippen LogP contribution in [0, 0.1) is 0 Å². The number of carbonyl (C=O) groups excluding carboxylic acids is 2. The Balaban J connectivity index is 1.61. The van der Waals surface area contributed by atoms with Crippen LogP contribution in [0.5, 0.6) is 5.75 Å². The van der Waals surface area contributed by atoms with Crippen molar-refractivity contribution in [2.75, 3.05) is 26.9 Å². The molecule has 2 atom stereocenters.